The molecule has 168 valence electrons. The average Bonchev–Trinajstić information content (AvgIpc) is 3.34. The van der Waals surface area contributed by atoms with Crippen molar-refractivity contribution in [1.29, 1.82) is 0 Å². The highest BCUT2D eigenvalue weighted by Gasteiger charge is 2.25. The second-order valence-electron chi connectivity index (χ2n) is 7.84. The van der Waals surface area contributed by atoms with Crippen molar-refractivity contribution in [2.75, 3.05) is 6.54 Å². The predicted molar refractivity (Wildman–Crippen MR) is 130 cm³/mol. The van der Waals surface area contributed by atoms with Crippen LogP contribution in [-0.2, 0) is 24.4 Å². The Morgan fingerprint density at radius 3 is 2.16 bits per heavy atom. The Bertz CT molecular complexity index is 961. The molecule has 0 fully saturated rings. The summed E-state index contributed by atoms with van der Waals surface area (Å²) in [6, 6.07) is 23.5. The van der Waals surface area contributed by atoms with Crippen LogP contribution in [0.2, 0.25) is 0 Å². The summed E-state index contributed by atoms with van der Waals surface area (Å²) in [5.74, 6) is -0.0579. The molecule has 3 aromatic rings. The van der Waals surface area contributed by atoms with Crippen molar-refractivity contribution in [3.05, 3.63) is 94.2 Å². The Hall–Kier alpha value is -3.12. The molecule has 0 bridgehead atoms. The van der Waals surface area contributed by atoms with Gasteiger partial charge >= 0.3 is 6.03 Å². The summed E-state index contributed by atoms with van der Waals surface area (Å²) < 4.78 is 0. The van der Waals surface area contributed by atoms with Gasteiger partial charge in [-0.3, -0.25) is 4.79 Å². The van der Waals surface area contributed by atoms with Gasteiger partial charge in [0.1, 0.15) is 6.54 Å². The molecule has 1 unspecified atom stereocenters. The van der Waals surface area contributed by atoms with Gasteiger partial charge in [-0.2, -0.15) is 0 Å². The predicted octanol–water partition coefficient (Wildman–Crippen LogP) is 5.29. The fraction of sp³-hybridized carbons (Fsp3) is 0.308. The Morgan fingerprint density at radius 2 is 1.56 bits per heavy atom. The molecule has 3 amide bonds. The number of benzene rings is 2. The van der Waals surface area contributed by atoms with E-state index in [1.807, 2.05) is 96.9 Å². The highest BCUT2D eigenvalue weighted by Crippen LogP contribution is 2.16. The molecule has 3 rings (SSSR count). The topological polar surface area (TPSA) is 52.7 Å². The second-order valence-corrected chi connectivity index (χ2v) is 8.88. The number of nitrogens with zero attached hydrogens (tertiary/aromatic N) is 2. The third kappa shape index (κ3) is 6.95. The molecule has 1 aromatic heterocycles. The van der Waals surface area contributed by atoms with E-state index < -0.39 is 0 Å². The first kappa shape index (κ1) is 23.5. The lowest BCUT2D eigenvalue weighted by atomic mass is 10.2. The van der Waals surface area contributed by atoms with E-state index in [9.17, 15) is 9.59 Å². The molecule has 32 heavy (non-hydrogen) atoms. The zero-order chi connectivity index (χ0) is 22.8. The fourth-order valence-corrected chi connectivity index (χ4v) is 4.12. The van der Waals surface area contributed by atoms with Gasteiger partial charge < -0.3 is 15.1 Å². The van der Waals surface area contributed by atoms with E-state index in [0.29, 0.717) is 19.6 Å². The minimum atomic E-state index is -0.215. The van der Waals surface area contributed by atoms with Crippen molar-refractivity contribution in [3.8, 4) is 0 Å². The fourth-order valence-electron chi connectivity index (χ4n) is 3.40. The maximum absolute atomic E-state index is 13.4. The van der Waals surface area contributed by atoms with Gasteiger partial charge in [0.15, 0.2) is 0 Å². The van der Waals surface area contributed by atoms with E-state index >= 15 is 0 Å². The van der Waals surface area contributed by atoms with E-state index in [4.69, 9.17) is 0 Å². The summed E-state index contributed by atoms with van der Waals surface area (Å²) >= 11 is 1.63. The molecule has 0 aliphatic carbocycles. The lowest BCUT2D eigenvalue weighted by Gasteiger charge is -2.31. The van der Waals surface area contributed by atoms with Gasteiger partial charge in [0.05, 0.1) is 6.54 Å². The van der Waals surface area contributed by atoms with Crippen LogP contribution in [0.4, 0.5) is 4.79 Å². The van der Waals surface area contributed by atoms with Crippen molar-refractivity contribution >= 4 is 23.3 Å². The SMILES string of the molecule is CCC(C)N(CC(=O)N(Cc1ccccc1)Cc1cccs1)C(=O)NCc1ccccc1. The molecular formula is C26H31N3O2S. The standard InChI is InChI=1S/C26H31N3O2S/c1-3-21(2)29(26(31)27-17-22-11-6-4-7-12-22)20-25(30)28(19-24-15-10-16-32-24)18-23-13-8-5-9-14-23/h4-16,21H,3,17-20H2,1-2H3,(H,27,31). The number of carbonyl (C=O) groups excluding carboxylic acids is 2. The molecule has 0 radical (unpaired) electrons. The molecule has 6 heteroatoms. The van der Waals surface area contributed by atoms with Gasteiger partial charge in [-0.15, -0.1) is 11.3 Å². The highest BCUT2D eigenvalue weighted by molar-refractivity contribution is 7.09. The van der Waals surface area contributed by atoms with Crippen LogP contribution in [-0.4, -0.2) is 34.3 Å². The van der Waals surface area contributed by atoms with Gasteiger partial charge in [-0.05, 0) is 35.9 Å². The van der Waals surface area contributed by atoms with Crippen LogP contribution in [0.3, 0.4) is 0 Å². The summed E-state index contributed by atoms with van der Waals surface area (Å²) in [7, 11) is 0. The molecule has 0 saturated heterocycles. The summed E-state index contributed by atoms with van der Waals surface area (Å²) in [5, 5.41) is 4.99. The first-order chi connectivity index (χ1) is 15.6. The molecular weight excluding hydrogens is 418 g/mol. The number of nitrogens with one attached hydrogen (secondary N) is 1. The van der Waals surface area contributed by atoms with Crippen molar-refractivity contribution in [3.63, 3.8) is 0 Å². The number of rotatable bonds is 10. The smallest absolute Gasteiger partial charge is 0.318 e. The summed E-state index contributed by atoms with van der Waals surface area (Å²) in [5.41, 5.74) is 2.10. The average molecular weight is 450 g/mol. The van der Waals surface area contributed by atoms with Crippen LogP contribution in [0.1, 0.15) is 36.3 Å². The second kappa shape index (κ2) is 12.1. The van der Waals surface area contributed by atoms with Crippen LogP contribution in [0.5, 0.6) is 0 Å². The number of amides is 3. The molecule has 2 aromatic carbocycles. The monoisotopic (exact) mass is 449 g/mol. The van der Waals surface area contributed by atoms with E-state index in [-0.39, 0.29) is 24.5 Å². The van der Waals surface area contributed by atoms with Crippen molar-refractivity contribution in [1.82, 2.24) is 15.1 Å². The van der Waals surface area contributed by atoms with Crippen LogP contribution in [0.25, 0.3) is 0 Å². The number of hydrogen-bond acceptors (Lipinski definition) is 3. The number of urea groups is 1. The lowest BCUT2D eigenvalue weighted by Crippen LogP contribution is -2.49. The van der Waals surface area contributed by atoms with E-state index in [0.717, 1.165) is 22.4 Å². The molecule has 0 aliphatic heterocycles. The Morgan fingerprint density at radius 1 is 0.906 bits per heavy atom. The largest absolute Gasteiger partial charge is 0.334 e. The Labute approximate surface area is 194 Å². The maximum atomic E-state index is 13.4. The van der Waals surface area contributed by atoms with Crippen molar-refractivity contribution in [2.45, 2.75) is 45.9 Å². The first-order valence-electron chi connectivity index (χ1n) is 11.0. The minimum absolute atomic E-state index is 0.0463. The number of thiophene rings is 1. The summed E-state index contributed by atoms with van der Waals surface area (Å²) in [4.78, 5) is 31.0. The van der Waals surface area contributed by atoms with Crippen molar-refractivity contribution < 1.29 is 9.59 Å². The van der Waals surface area contributed by atoms with Crippen LogP contribution in [0, 0.1) is 0 Å². The number of hydrogen-bond donors (Lipinski definition) is 1. The zero-order valence-electron chi connectivity index (χ0n) is 18.7. The zero-order valence-corrected chi connectivity index (χ0v) is 19.6. The first-order valence-corrected chi connectivity index (χ1v) is 11.9. The van der Waals surface area contributed by atoms with Gasteiger partial charge in [-0.1, -0.05) is 73.7 Å². The van der Waals surface area contributed by atoms with Gasteiger partial charge in [-0.25, -0.2) is 4.79 Å². The minimum Gasteiger partial charge on any atom is -0.334 e. The molecule has 5 nitrogen and oxygen atoms in total. The molecule has 0 saturated carbocycles. The quantitative estimate of drug-likeness (QED) is 0.457. The van der Waals surface area contributed by atoms with E-state index in [1.165, 1.54) is 0 Å². The van der Waals surface area contributed by atoms with Gasteiger partial charge in [0.25, 0.3) is 0 Å². The Kier molecular flexibility index (Phi) is 8.87. The molecule has 0 spiro atoms. The normalized spacial score (nSPS) is 11.6. The molecule has 0 aliphatic rings. The third-order valence-electron chi connectivity index (χ3n) is 5.47. The number of carbonyl (C=O) groups is 2. The third-order valence-corrected chi connectivity index (χ3v) is 6.33. The molecule has 1 heterocycles. The highest BCUT2D eigenvalue weighted by atomic mass is 32.1. The summed E-state index contributed by atoms with van der Waals surface area (Å²) in [6.45, 7) is 5.54. The van der Waals surface area contributed by atoms with E-state index in [2.05, 4.69) is 5.32 Å². The van der Waals surface area contributed by atoms with Crippen molar-refractivity contribution in [2.24, 2.45) is 0 Å². The van der Waals surface area contributed by atoms with Gasteiger partial charge in [0.2, 0.25) is 5.91 Å². The molecule has 1 N–H and O–H groups in total. The maximum Gasteiger partial charge on any atom is 0.318 e. The van der Waals surface area contributed by atoms with E-state index in [1.54, 1.807) is 16.2 Å². The summed E-state index contributed by atoms with van der Waals surface area (Å²) in [6.07, 6.45) is 0.773. The van der Waals surface area contributed by atoms with Gasteiger partial charge in [0, 0.05) is 24.0 Å². The Balaban J connectivity index is 1.71. The van der Waals surface area contributed by atoms with Crippen LogP contribution < -0.4 is 5.32 Å². The van der Waals surface area contributed by atoms with Crippen LogP contribution in [0.15, 0.2) is 78.2 Å². The van der Waals surface area contributed by atoms with Crippen LogP contribution >= 0.6 is 11.3 Å². The lowest BCUT2D eigenvalue weighted by molar-refractivity contribution is -0.133. The molecule has 1 atom stereocenters.